The summed E-state index contributed by atoms with van der Waals surface area (Å²) >= 11 is 0. The first kappa shape index (κ1) is 13.1. The highest BCUT2D eigenvalue weighted by Gasteiger charge is 2.12. The molecule has 0 fully saturated rings. The molecule has 0 radical (unpaired) electrons. The molecule has 17 heavy (non-hydrogen) atoms. The summed E-state index contributed by atoms with van der Waals surface area (Å²) in [5.74, 6) is -0.525. The molecule has 0 aromatic heterocycles. The summed E-state index contributed by atoms with van der Waals surface area (Å²) in [6, 6.07) is 5.47. The summed E-state index contributed by atoms with van der Waals surface area (Å²) in [6.07, 6.45) is 1.69. The van der Waals surface area contributed by atoms with Crippen LogP contribution in [0.15, 0.2) is 60.2 Å². The van der Waals surface area contributed by atoms with E-state index in [-0.39, 0.29) is 11.6 Å². The van der Waals surface area contributed by atoms with Crippen molar-refractivity contribution in [3.8, 4) is 0 Å². The van der Waals surface area contributed by atoms with Crippen molar-refractivity contribution in [1.82, 2.24) is 0 Å². The second-order valence-electron chi connectivity index (χ2n) is 4.02. The lowest BCUT2D eigenvalue weighted by Gasteiger charge is -2.06. The topological polar surface area (TPSA) is 17.1 Å². The molecule has 0 unspecified atom stereocenters. The van der Waals surface area contributed by atoms with Crippen molar-refractivity contribution < 1.29 is 9.18 Å². The minimum absolute atomic E-state index is 0.166. The predicted octanol–water partition coefficient (Wildman–Crippen LogP) is 4.09. The van der Waals surface area contributed by atoms with Gasteiger partial charge in [0.15, 0.2) is 5.78 Å². The first-order chi connectivity index (χ1) is 7.91. The quantitative estimate of drug-likeness (QED) is 0.432. The van der Waals surface area contributed by atoms with E-state index in [4.69, 9.17) is 0 Å². The van der Waals surface area contributed by atoms with Crippen LogP contribution in [-0.4, -0.2) is 5.78 Å². The maximum absolute atomic E-state index is 12.8. The van der Waals surface area contributed by atoms with E-state index in [1.165, 1.54) is 24.3 Å². The van der Waals surface area contributed by atoms with Crippen molar-refractivity contribution in [2.45, 2.75) is 13.8 Å². The van der Waals surface area contributed by atoms with Crippen molar-refractivity contribution in [3.63, 3.8) is 0 Å². The van der Waals surface area contributed by atoms with Crippen LogP contribution in [0.1, 0.15) is 24.2 Å². The highest BCUT2D eigenvalue weighted by atomic mass is 19.1. The number of ketones is 1. The second-order valence-corrected chi connectivity index (χ2v) is 4.02. The van der Waals surface area contributed by atoms with Crippen molar-refractivity contribution >= 4 is 5.78 Å². The molecule has 0 saturated heterocycles. The Morgan fingerprint density at radius 3 is 2.12 bits per heavy atom. The number of halogens is 1. The number of allylic oxidation sites excluding steroid dienone is 4. The van der Waals surface area contributed by atoms with Gasteiger partial charge in [-0.2, -0.15) is 0 Å². The van der Waals surface area contributed by atoms with Crippen LogP contribution in [0.3, 0.4) is 0 Å². The number of Topliss-reactive ketones (excluding diaryl/α,β-unsaturated/α-hetero) is 1. The lowest BCUT2D eigenvalue weighted by atomic mass is 9.97. The van der Waals surface area contributed by atoms with Crippen molar-refractivity contribution in [2.75, 3.05) is 0 Å². The number of rotatable bonds is 4. The molecule has 1 nitrogen and oxygen atoms in total. The van der Waals surface area contributed by atoms with Gasteiger partial charge in [-0.3, -0.25) is 4.79 Å². The molecule has 1 rings (SSSR count). The number of carbonyl (C=O) groups excluding carboxylic acids is 1. The second kappa shape index (κ2) is 5.39. The summed E-state index contributed by atoms with van der Waals surface area (Å²) in [5, 5.41) is 0. The van der Waals surface area contributed by atoms with Gasteiger partial charge in [-0.1, -0.05) is 18.7 Å². The molecule has 88 valence electrons. The van der Waals surface area contributed by atoms with Gasteiger partial charge in [0, 0.05) is 11.1 Å². The predicted molar refractivity (Wildman–Crippen MR) is 68.4 cm³/mol. The van der Waals surface area contributed by atoms with E-state index in [0.717, 1.165) is 5.57 Å². The van der Waals surface area contributed by atoms with Crippen LogP contribution in [0.2, 0.25) is 0 Å². The van der Waals surface area contributed by atoms with Gasteiger partial charge in [-0.25, -0.2) is 4.39 Å². The molecule has 0 aliphatic heterocycles. The average Bonchev–Trinajstić information content (AvgIpc) is 2.25. The largest absolute Gasteiger partial charge is 0.289 e. The third-order valence-corrected chi connectivity index (χ3v) is 2.20. The summed E-state index contributed by atoms with van der Waals surface area (Å²) in [5.41, 5.74) is 2.40. The molecule has 0 aliphatic carbocycles. The summed E-state index contributed by atoms with van der Waals surface area (Å²) < 4.78 is 12.8. The van der Waals surface area contributed by atoms with Crippen LogP contribution in [0.25, 0.3) is 0 Å². The molecular formula is C15H15FO. The van der Waals surface area contributed by atoms with E-state index >= 15 is 0 Å². The van der Waals surface area contributed by atoms with Crippen LogP contribution < -0.4 is 0 Å². The van der Waals surface area contributed by atoms with Gasteiger partial charge in [0.25, 0.3) is 0 Å². The maximum atomic E-state index is 12.8. The molecule has 0 N–H and O–H groups in total. The zero-order valence-electron chi connectivity index (χ0n) is 10.1. The molecule has 0 amide bonds. The molecular weight excluding hydrogens is 215 g/mol. The van der Waals surface area contributed by atoms with Gasteiger partial charge < -0.3 is 0 Å². The Morgan fingerprint density at radius 1 is 1.18 bits per heavy atom. The van der Waals surface area contributed by atoms with E-state index in [0.29, 0.717) is 16.7 Å². The van der Waals surface area contributed by atoms with Crippen molar-refractivity contribution in [1.29, 1.82) is 0 Å². The minimum Gasteiger partial charge on any atom is -0.289 e. The monoisotopic (exact) mass is 230 g/mol. The molecule has 0 heterocycles. The normalized spacial score (nSPS) is 11.1. The Labute approximate surface area is 101 Å². The summed E-state index contributed by atoms with van der Waals surface area (Å²) in [7, 11) is 0. The van der Waals surface area contributed by atoms with Crippen LogP contribution in [-0.2, 0) is 0 Å². The van der Waals surface area contributed by atoms with Gasteiger partial charge in [-0.05, 0) is 49.8 Å². The third-order valence-electron chi connectivity index (χ3n) is 2.20. The van der Waals surface area contributed by atoms with Crippen LogP contribution in [0.4, 0.5) is 4.39 Å². The Hall–Kier alpha value is -1.96. The average molecular weight is 230 g/mol. The van der Waals surface area contributed by atoms with E-state index in [1.54, 1.807) is 19.9 Å². The van der Waals surface area contributed by atoms with Gasteiger partial charge in [-0.15, -0.1) is 0 Å². The minimum atomic E-state index is -0.359. The molecule has 0 bridgehead atoms. The van der Waals surface area contributed by atoms with E-state index in [9.17, 15) is 9.18 Å². The van der Waals surface area contributed by atoms with Crippen LogP contribution in [0, 0.1) is 5.82 Å². The number of hydrogen-bond acceptors (Lipinski definition) is 1. The molecule has 0 saturated carbocycles. The molecule has 0 spiro atoms. The fourth-order valence-corrected chi connectivity index (χ4v) is 1.39. The fraction of sp³-hybridized carbons (Fsp3) is 0.133. The number of carbonyl (C=O) groups is 1. The van der Waals surface area contributed by atoms with Gasteiger partial charge >= 0.3 is 0 Å². The Morgan fingerprint density at radius 2 is 1.71 bits per heavy atom. The lowest BCUT2D eigenvalue weighted by Crippen LogP contribution is -2.04. The molecule has 2 heteroatoms. The Kier molecular flexibility index (Phi) is 4.16. The lowest BCUT2D eigenvalue weighted by molar-refractivity contribution is 0.103. The van der Waals surface area contributed by atoms with Crippen molar-refractivity contribution in [2.24, 2.45) is 0 Å². The SMILES string of the molecule is C=C(C)/C=C(\C(=C)C)C(=O)c1ccc(F)cc1. The number of benzene rings is 1. The smallest absolute Gasteiger partial charge is 0.193 e. The highest BCUT2D eigenvalue weighted by molar-refractivity contribution is 6.11. The highest BCUT2D eigenvalue weighted by Crippen LogP contribution is 2.17. The molecule has 0 atom stereocenters. The first-order valence-corrected chi connectivity index (χ1v) is 5.25. The van der Waals surface area contributed by atoms with E-state index in [2.05, 4.69) is 13.2 Å². The molecule has 1 aromatic carbocycles. The van der Waals surface area contributed by atoms with Crippen LogP contribution >= 0.6 is 0 Å². The van der Waals surface area contributed by atoms with Gasteiger partial charge in [0.1, 0.15) is 5.82 Å². The fourth-order valence-electron chi connectivity index (χ4n) is 1.39. The summed E-state index contributed by atoms with van der Waals surface area (Å²) in [6.45, 7) is 11.1. The standard InChI is InChI=1S/C15H15FO/c1-10(2)9-14(11(3)4)15(17)12-5-7-13(16)8-6-12/h5-9H,1,3H2,2,4H3/b14-9+. The van der Waals surface area contributed by atoms with Crippen LogP contribution in [0.5, 0.6) is 0 Å². The first-order valence-electron chi connectivity index (χ1n) is 5.25. The molecule has 0 aliphatic rings. The van der Waals surface area contributed by atoms with Crippen molar-refractivity contribution in [3.05, 3.63) is 71.6 Å². The van der Waals surface area contributed by atoms with Gasteiger partial charge in [0.2, 0.25) is 0 Å². The molecule has 1 aromatic rings. The zero-order valence-corrected chi connectivity index (χ0v) is 10.1. The maximum Gasteiger partial charge on any atom is 0.193 e. The van der Waals surface area contributed by atoms with Gasteiger partial charge in [0.05, 0.1) is 0 Å². The van der Waals surface area contributed by atoms with E-state index < -0.39 is 0 Å². The summed E-state index contributed by atoms with van der Waals surface area (Å²) in [4.78, 5) is 12.1. The Bertz CT molecular complexity index is 492. The zero-order chi connectivity index (χ0) is 13.0. The van der Waals surface area contributed by atoms with E-state index in [1.807, 2.05) is 0 Å². The third kappa shape index (κ3) is 3.52. The number of hydrogen-bond donors (Lipinski definition) is 0. The Balaban J connectivity index is 3.13.